The number of alkyl halides is 2. The Kier molecular flexibility index (Phi) is 4.54. The van der Waals surface area contributed by atoms with Crippen LogP contribution < -0.4 is 0 Å². The van der Waals surface area contributed by atoms with Crippen molar-refractivity contribution < 1.29 is 34.4 Å². The van der Waals surface area contributed by atoms with Crippen LogP contribution in [0.3, 0.4) is 0 Å². The number of hydrogen-bond donors (Lipinski definition) is 1. The number of benzene rings is 1. The molecule has 0 aliphatic rings. The van der Waals surface area contributed by atoms with E-state index in [0.717, 1.165) is 17.7 Å². The van der Waals surface area contributed by atoms with Gasteiger partial charge in [0.15, 0.2) is 6.10 Å². The van der Waals surface area contributed by atoms with E-state index >= 15 is 0 Å². The predicted octanol–water partition coefficient (Wildman–Crippen LogP) is 1.57. The SMILES string of the molecule is Cc1ccc(S(=O)(=O)OC(C)C(F)(F)S(=O)(=O)O)cc1. The first kappa shape index (κ1) is 17.0. The van der Waals surface area contributed by atoms with E-state index in [0.29, 0.717) is 6.92 Å². The minimum absolute atomic E-state index is 0.402. The summed E-state index contributed by atoms with van der Waals surface area (Å²) in [5.41, 5.74) is 0.736. The van der Waals surface area contributed by atoms with Gasteiger partial charge in [0, 0.05) is 0 Å². The van der Waals surface area contributed by atoms with Crippen molar-refractivity contribution in [1.29, 1.82) is 0 Å². The van der Waals surface area contributed by atoms with Gasteiger partial charge in [0.25, 0.3) is 10.1 Å². The summed E-state index contributed by atoms with van der Waals surface area (Å²) in [6.07, 6.45) is -2.58. The zero-order valence-corrected chi connectivity index (χ0v) is 12.1. The highest BCUT2D eigenvalue weighted by atomic mass is 32.2. The molecule has 0 fully saturated rings. The molecule has 0 saturated carbocycles. The summed E-state index contributed by atoms with van der Waals surface area (Å²) in [5.74, 6) is 0. The van der Waals surface area contributed by atoms with Crippen molar-refractivity contribution in [2.24, 2.45) is 0 Å². The molecule has 1 aromatic carbocycles. The van der Waals surface area contributed by atoms with Crippen LogP contribution in [0.1, 0.15) is 12.5 Å². The molecule has 1 N–H and O–H groups in total. The summed E-state index contributed by atoms with van der Waals surface area (Å²) in [7, 11) is -10.4. The van der Waals surface area contributed by atoms with Gasteiger partial charge in [-0.25, -0.2) is 0 Å². The van der Waals surface area contributed by atoms with E-state index in [2.05, 4.69) is 4.18 Å². The summed E-state index contributed by atoms with van der Waals surface area (Å²) in [6, 6.07) is 5.09. The van der Waals surface area contributed by atoms with Gasteiger partial charge in [0.05, 0.1) is 4.90 Å². The lowest BCUT2D eigenvalue weighted by molar-refractivity contribution is -0.0206. The molecule has 114 valence electrons. The summed E-state index contributed by atoms with van der Waals surface area (Å²) in [4.78, 5) is -0.402. The van der Waals surface area contributed by atoms with Crippen molar-refractivity contribution >= 4 is 20.2 Å². The smallest absolute Gasteiger partial charge is 0.281 e. The third-order valence-corrected chi connectivity index (χ3v) is 4.81. The van der Waals surface area contributed by atoms with Crippen LogP contribution in [0, 0.1) is 6.92 Å². The lowest BCUT2D eigenvalue weighted by Crippen LogP contribution is -2.41. The maximum atomic E-state index is 13.2. The molecular formula is C10H12F2O6S2. The van der Waals surface area contributed by atoms with Gasteiger partial charge in [-0.05, 0) is 26.0 Å². The van der Waals surface area contributed by atoms with Crippen molar-refractivity contribution in [2.45, 2.75) is 30.1 Å². The number of halogens is 2. The van der Waals surface area contributed by atoms with Crippen molar-refractivity contribution in [3.8, 4) is 0 Å². The minimum Gasteiger partial charge on any atom is -0.281 e. The molecule has 0 aromatic heterocycles. The molecule has 0 aliphatic heterocycles. The Balaban J connectivity index is 3.06. The van der Waals surface area contributed by atoms with E-state index in [1.807, 2.05) is 0 Å². The molecule has 1 rings (SSSR count). The molecule has 10 heteroatoms. The second-order valence-corrected chi connectivity index (χ2v) is 7.11. The second-order valence-electron chi connectivity index (χ2n) is 4.04. The summed E-state index contributed by atoms with van der Waals surface area (Å²) in [5, 5.41) is -4.75. The topological polar surface area (TPSA) is 97.7 Å². The minimum atomic E-state index is -5.79. The second kappa shape index (κ2) is 5.35. The molecule has 0 radical (unpaired) electrons. The van der Waals surface area contributed by atoms with Crippen LogP contribution in [0.5, 0.6) is 0 Å². The molecule has 1 atom stereocenters. The molecule has 1 aromatic rings. The molecule has 0 bridgehead atoms. The van der Waals surface area contributed by atoms with Gasteiger partial charge in [-0.2, -0.15) is 25.6 Å². The van der Waals surface area contributed by atoms with Gasteiger partial charge in [0.2, 0.25) is 0 Å². The Morgan fingerprint density at radius 2 is 1.60 bits per heavy atom. The predicted molar refractivity (Wildman–Crippen MR) is 65.4 cm³/mol. The fraction of sp³-hybridized carbons (Fsp3) is 0.400. The van der Waals surface area contributed by atoms with E-state index in [1.165, 1.54) is 12.1 Å². The number of aryl methyl sites for hydroxylation is 1. The first-order valence-electron chi connectivity index (χ1n) is 5.23. The molecule has 0 heterocycles. The van der Waals surface area contributed by atoms with Crippen molar-refractivity contribution in [3.63, 3.8) is 0 Å². The highest BCUT2D eigenvalue weighted by Gasteiger charge is 2.52. The van der Waals surface area contributed by atoms with E-state index in [-0.39, 0.29) is 0 Å². The molecule has 20 heavy (non-hydrogen) atoms. The maximum Gasteiger partial charge on any atom is 0.396 e. The van der Waals surface area contributed by atoms with Crippen LogP contribution in [0.25, 0.3) is 0 Å². The zero-order valence-electron chi connectivity index (χ0n) is 10.4. The van der Waals surface area contributed by atoms with Crippen molar-refractivity contribution in [2.75, 3.05) is 0 Å². The molecule has 0 spiro atoms. The average molecular weight is 330 g/mol. The van der Waals surface area contributed by atoms with E-state index in [9.17, 15) is 25.6 Å². The monoisotopic (exact) mass is 330 g/mol. The Morgan fingerprint density at radius 1 is 1.15 bits per heavy atom. The van der Waals surface area contributed by atoms with Crippen LogP contribution in [-0.4, -0.2) is 32.7 Å². The van der Waals surface area contributed by atoms with E-state index < -0.39 is 36.5 Å². The fourth-order valence-electron chi connectivity index (χ4n) is 1.22. The Morgan fingerprint density at radius 3 is 2.00 bits per heavy atom. The Labute approximate surface area is 115 Å². The largest absolute Gasteiger partial charge is 0.396 e. The van der Waals surface area contributed by atoms with Gasteiger partial charge in [-0.15, -0.1) is 0 Å². The molecule has 1 unspecified atom stereocenters. The summed E-state index contributed by atoms with van der Waals surface area (Å²) in [6.45, 7) is 2.21. The number of hydrogen-bond acceptors (Lipinski definition) is 5. The van der Waals surface area contributed by atoms with Gasteiger partial charge < -0.3 is 0 Å². The normalized spacial score (nSPS) is 15.1. The van der Waals surface area contributed by atoms with Gasteiger partial charge >= 0.3 is 15.4 Å². The third-order valence-electron chi connectivity index (χ3n) is 2.40. The van der Waals surface area contributed by atoms with Crippen molar-refractivity contribution in [3.05, 3.63) is 29.8 Å². The molecule has 6 nitrogen and oxygen atoms in total. The van der Waals surface area contributed by atoms with Gasteiger partial charge in [0.1, 0.15) is 0 Å². The molecule has 0 amide bonds. The molecule has 0 aliphatic carbocycles. The number of rotatable bonds is 5. The fourth-order valence-corrected chi connectivity index (χ4v) is 2.83. The van der Waals surface area contributed by atoms with Gasteiger partial charge in [-0.3, -0.25) is 8.74 Å². The van der Waals surface area contributed by atoms with Crippen molar-refractivity contribution in [1.82, 2.24) is 0 Å². The lowest BCUT2D eigenvalue weighted by Gasteiger charge is -2.20. The average Bonchev–Trinajstić information content (AvgIpc) is 2.27. The first-order chi connectivity index (χ1) is 8.88. The highest BCUT2D eigenvalue weighted by molar-refractivity contribution is 7.87. The van der Waals surface area contributed by atoms with Crippen LogP contribution >= 0.6 is 0 Å². The standard InChI is InChI=1S/C10H12F2O6S2/c1-7-3-5-9(6-4-7)19(13,14)18-8(2)10(11,12)20(15,16)17/h3-6,8H,1-2H3,(H,15,16,17). The maximum absolute atomic E-state index is 13.2. The zero-order chi connectivity index (χ0) is 15.8. The molecule has 0 saturated heterocycles. The summed E-state index contributed by atoms with van der Waals surface area (Å²) < 4.78 is 83.3. The van der Waals surface area contributed by atoms with Crippen LogP contribution in [0.2, 0.25) is 0 Å². The molecular weight excluding hydrogens is 318 g/mol. The quantitative estimate of drug-likeness (QED) is 0.650. The Bertz CT molecular complexity index is 679. The van der Waals surface area contributed by atoms with E-state index in [1.54, 1.807) is 6.92 Å². The summed E-state index contributed by atoms with van der Waals surface area (Å²) >= 11 is 0. The lowest BCUT2D eigenvalue weighted by atomic mass is 10.2. The van der Waals surface area contributed by atoms with Crippen LogP contribution in [0.4, 0.5) is 8.78 Å². The first-order valence-corrected chi connectivity index (χ1v) is 8.07. The Hall–Kier alpha value is -1.10. The van der Waals surface area contributed by atoms with Crippen LogP contribution in [-0.2, 0) is 24.4 Å². The van der Waals surface area contributed by atoms with Crippen LogP contribution in [0.15, 0.2) is 29.2 Å². The van der Waals surface area contributed by atoms with E-state index in [4.69, 9.17) is 4.55 Å². The highest BCUT2D eigenvalue weighted by Crippen LogP contribution is 2.29. The third kappa shape index (κ3) is 3.51. The van der Waals surface area contributed by atoms with Gasteiger partial charge in [-0.1, -0.05) is 17.7 Å².